The van der Waals surface area contributed by atoms with E-state index in [9.17, 15) is 0 Å². The minimum Gasteiger partial charge on any atom is -0.353 e. The number of methoxy groups -OCH3 is 2. The lowest BCUT2D eigenvalue weighted by Gasteiger charge is -2.72. The maximum atomic E-state index is 5.74. The topological polar surface area (TPSA) is 18.5 Å². The summed E-state index contributed by atoms with van der Waals surface area (Å²) in [5, 5.41) is 0. The van der Waals surface area contributed by atoms with Gasteiger partial charge in [0, 0.05) is 26.1 Å². The maximum absolute atomic E-state index is 5.74. The highest BCUT2D eigenvalue weighted by atomic mass is 16.7. The first-order valence-electron chi connectivity index (χ1n) is 18.8. The number of hydrogen-bond acceptors (Lipinski definition) is 2. The van der Waals surface area contributed by atoms with E-state index in [2.05, 4.69) is 45.0 Å². The highest BCUT2D eigenvalue weighted by Gasteiger charge is 2.66. The average Bonchev–Trinajstić information content (AvgIpc) is 2.94. The molecule has 12 aliphatic rings. The van der Waals surface area contributed by atoms with Gasteiger partial charge in [-0.25, -0.2) is 0 Å². The van der Waals surface area contributed by atoms with E-state index in [0.29, 0.717) is 11.8 Å². The molecule has 0 aromatic heterocycles. The van der Waals surface area contributed by atoms with Crippen LogP contribution in [0.1, 0.15) is 127 Å². The molecule has 0 aliphatic heterocycles. The van der Waals surface area contributed by atoms with Gasteiger partial charge in [0.25, 0.3) is 0 Å². The Morgan fingerprint density at radius 1 is 0.512 bits per heavy atom. The summed E-state index contributed by atoms with van der Waals surface area (Å²) < 4.78 is 11.5. The van der Waals surface area contributed by atoms with Crippen molar-refractivity contribution in [1.82, 2.24) is 0 Å². The summed E-state index contributed by atoms with van der Waals surface area (Å²) in [7, 11) is 3.65. The first kappa shape index (κ1) is 29.5. The van der Waals surface area contributed by atoms with Crippen molar-refractivity contribution in [3.8, 4) is 0 Å². The van der Waals surface area contributed by atoms with Crippen LogP contribution in [0, 0.1) is 83.4 Å². The summed E-state index contributed by atoms with van der Waals surface area (Å²) in [6.45, 7) is 6.92. The van der Waals surface area contributed by atoms with Crippen LogP contribution < -0.4 is 0 Å². The molecule has 1 aromatic carbocycles. The Morgan fingerprint density at radius 2 is 0.907 bits per heavy atom. The van der Waals surface area contributed by atoms with Gasteiger partial charge in [0.2, 0.25) is 0 Å². The van der Waals surface area contributed by atoms with E-state index < -0.39 is 0 Å². The summed E-state index contributed by atoms with van der Waals surface area (Å²) in [5.74, 6) is 8.81. The van der Waals surface area contributed by atoms with E-state index in [1.165, 1.54) is 43.2 Å². The van der Waals surface area contributed by atoms with Gasteiger partial charge in [-0.15, -0.1) is 0 Å². The SMILES string of the molecule is CC12CC3CC(C1)CC(C14CC5CC(CC(C5)C1)C4)(C3)C2.COC1(OC)C2CC3CC(C2)CC1C3.Cc1ccccc1C. The molecule has 0 amide bonds. The molecule has 1 aromatic rings. The molecule has 0 N–H and O–H groups in total. The third-order valence-electron chi connectivity index (χ3n) is 15.9. The Kier molecular flexibility index (Phi) is 7.27. The van der Waals surface area contributed by atoms with Crippen LogP contribution in [0.4, 0.5) is 0 Å². The van der Waals surface area contributed by atoms with Crippen LogP contribution in [0.2, 0.25) is 0 Å². The fourth-order valence-corrected chi connectivity index (χ4v) is 15.4. The molecule has 12 aliphatic carbocycles. The lowest BCUT2D eigenvalue weighted by molar-refractivity contribution is -0.319. The van der Waals surface area contributed by atoms with Gasteiger partial charge in [0.1, 0.15) is 0 Å². The predicted octanol–water partition coefficient (Wildman–Crippen LogP) is 10.5. The van der Waals surface area contributed by atoms with E-state index in [1.807, 2.05) is 14.2 Å². The van der Waals surface area contributed by atoms with Crippen molar-refractivity contribution in [2.24, 2.45) is 69.5 Å². The van der Waals surface area contributed by atoms with Gasteiger partial charge in [-0.2, -0.15) is 0 Å². The molecule has 2 unspecified atom stereocenters. The molecule has 12 saturated carbocycles. The normalized spacial score (nSPS) is 50.2. The zero-order chi connectivity index (χ0) is 29.6. The minimum absolute atomic E-state index is 0.215. The number of hydrogen-bond donors (Lipinski definition) is 0. The molecule has 43 heavy (non-hydrogen) atoms. The molecule has 0 spiro atoms. The Bertz CT molecular complexity index is 1080. The highest BCUT2D eigenvalue weighted by molar-refractivity contribution is 5.23. The summed E-state index contributed by atoms with van der Waals surface area (Å²) in [4.78, 5) is 0. The largest absolute Gasteiger partial charge is 0.353 e. The maximum Gasteiger partial charge on any atom is 0.173 e. The summed E-state index contributed by atoms with van der Waals surface area (Å²) in [6.07, 6.45) is 26.5. The second-order valence-corrected chi connectivity index (χ2v) is 18.8. The van der Waals surface area contributed by atoms with Crippen molar-refractivity contribution in [3.05, 3.63) is 35.4 Å². The van der Waals surface area contributed by atoms with Crippen LogP contribution in [0.5, 0.6) is 0 Å². The van der Waals surface area contributed by atoms with E-state index in [1.54, 1.807) is 77.0 Å². The van der Waals surface area contributed by atoms with Crippen molar-refractivity contribution >= 4 is 0 Å². The molecule has 13 rings (SSSR count). The molecule has 238 valence electrons. The van der Waals surface area contributed by atoms with Crippen LogP contribution in [0.3, 0.4) is 0 Å². The molecule has 2 nitrogen and oxygen atoms in total. The quantitative estimate of drug-likeness (QED) is 0.328. The summed E-state index contributed by atoms with van der Waals surface area (Å²) >= 11 is 0. The summed E-state index contributed by atoms with van der Waals surface area (Å²) in [6, 6.07) is 8.36. The van der Waals surface area contributed by atoms with Gasteiger partial charge in [-0.05, 0) is 192 Å². The van der Waals surface area contributed by atoms with Crippen molar-refractivity contribution in [2.45, 2.75) is 136 Å². The van der Waals surface area contributed by atoms with Crippen molar-refractivity contribution in [2.75, 3.05) is 14.2 Å². The van der Waals surface area contributed by atoms with Gasteiger partial charge >= 0.3 is 0 Å². The standard InChI is InChI=1S/C21H32.C12H20O2.C8H10/c1-19-6-17-5-18(7-19)12-21(11-17,13-19)20-8-14-2-15(9-20)4-16(3-14)10-20;1-13-12(14-2)10-4-8-3-9(6-10)7-11(12)5-8;1-7-5-3-4-6-8(7)2/h14-18H,2-13H2,1H3;8-11H,3-7H2,1-2H3;3-6H,1-2H3. The third-order valence-corrected chi connectivity index (χ3v) is 15.9. The Hall–Kier alpha value is -0.860. The van der Waals surface area contributed by atoms with Crippen LogP contribution in [0.15, 0.2) is 24.3 Å². The summed E-state index contributed by atoms with van der Waals surface area (Å²) in [5.41, 5.74) is 5.15. The zero-order valence-electron chi connectivity index (χ0n) is 28.3. The number of rotatable bonds is 3. The van der Waals surface area contributed by atoms with E-state index in [4.69, 9.17) is 9.47 Å². The monoisotopic (exact) mass is 586 g/mol. The smallest absolute Gasteiger partial charge is 0.173 e. The first-order chi connectivity index (χ1) is 20.6. The second-order valence-electron chi connectivity index (χ2n) is 18.8. The molecule has 12 fully saturated rings. The van der Waals surface area contributed by atoms with E-state index in [-0.39, 0.29) is 5.79 Å². The molecule has 2 atom stereocenters. The zero-order valence-corrected chi connectivity index (χ0v) is 28.3. The first-order valence-corrected chi connectivity index (χ1v) is 18.8. The lowest BCUT2D eigenvalue weighted by Crippen LogP contribution is -2.62. The van der Waals surface area contributed by atoms with Crippen molar-refractivity contribution in [1.29, 1.82) is 0 Å². The van der Waals surface area contributed by atoms with Gasteiger partial charge in [-0.1, -0.05) is 31.2 Å². The Labute approximate surface area is 263 Å². The number of aryl methyl sites for hydroxylation is 2. The second kappa shape index (κ2) is 10.6. The molecular weight excluding hydrogens is 524 g/mol. The van der Waals surface area contributed by atoms with Crippen LogP contribution in [-0.4, -0.2) is 20.0 Å². The predicted molar refractivity (Wildman–Crippen MR) is 176 cm³/mol. The minimum atomic E-state index is -0.215. The Morgan fingerprint density at radius 3 is 1.30 bits per heavy atom. The molecule has 0 saturated heterocycles. The van der Waals surface area contributed by atoms with Gasteiger partial charge < -0.3 is 9.47 Å². The lowest BCUT2D eigenvalue weighted by atomic mass is 9.33. The van der Waals surface area contributed by atoms with E-state index >= 15 is 0 Å². The van der Waals surface area contributed by atoms with E-state index in [0.717, 1.165) is 57.7 Å². The van der Waals surface area contributed by atoms with Crippen LogP contribution >= 0.6 is 0 Å². The molecule has 2 heteroatoms. The fraction of sp³-hybridized carbons (Fsp3) is 0.854. The fourth-order valence-electron chi connectivity index (χ4n) is 15.4. The molecule has 0 radical (unpaired) electrons. The van der Waals surface area contributed by atoms with Gasteiger partial charge in [0.05, 0.1) is 0 Å². The van der Waals surface area contributed by atoms with Crippen LogP contribution in [-0.2, 0) is 9.47 Å². The average molecular weight is 587 g/mol. The van der Waals surface area contributed by atoms with Gasteiger partial charge in [0.15, 0.2) is 5.79 Å². The molecular formula is C41H62O2. The highest BCUT2D eigenvalue weighted by Crippen LogP contribution is 2.76. The van der Waals surface area contributed by atoms with Crippen LogP contribution in [0.25, 0.3) is 0 Å². The molecule has 12 bridgehead atoms. The molecule has 0 heterocycles. The van der Waals surface area contributed by atoms with Gasteiger partial charge in [-0.3, -0.25) is 0 Å². The van der Waals surface area contributed by atoms with Crippen molar-refractivity contribution < 1.29 is 9.47 Å². The van der Waals surface area contributed by atoms with Crippen molar-refractivity contribution in [3.63, 3.8) is 0 Å². The number of ether oxygens (including phenoxy) is 2. The third kappa shape index (κ3) is 4.84. The number of benzene rings is 1. The Balaban J connectivity index is 0.000000109.